The fourth-order valence-electron chi connectivity index (χ4n) is 1.36. The van der Waals surface area contributed by atoms with Gasteiger partial charge in [0.25, 0.3) is 0 Å². The normalized spacial score (nSPS) is 10.1. The maximum atomic E-state index is 11.5. The standard InChI is InChI=1S/C13H18ClNO2/c1-3-8-17-12-9-10(2)4-5-11(12)15-13(16)6-7-14/h4-5,9H,3,6-8H2,1-2H3,(H,15,16). The van der Waals surface area contributed by atoms with Gasteiger partial charge in [-0.25, -0.2) is 0 Å². The summed E-state index contributed by atoms with van der Waals surface area (Å²) in [5, 5.41) is 2.80. The molecule has 94 valence electrons. The van der Waals surface area contributed by atoms with E-state index in [2.05, 4.69) is 5.32 Å². The predicted octanol–water partition coefficient (Wildman–Crippen LogP) is 3.35. The van der Waals surface area contributed by atoms with E-state index in [-0.39, 0.29) is 5.91 Å². The molecule has 0 bridgehead atoms. The Morgan fingerprint density at radius 1 is 1.47 bits per heavy atom. The minimum atomic E-state index is -0.0924. The Bertz CT molecular complexity index is 380. The molecule has 0 aliphatic heterocycles. The molecule has 1 aromatic rings. The largest absolute Gasteiger partial charge is 0.491 e. The van der Waals surface area contributed by atoms with Crippen LogP contribution in [0, 0.1) is 6.92 Å². The Balaban J connectivity index is 2.78. The molecule has 0 saturated heterocycles. The number of amides is 1. The van der Waals surface area contributed by atoms with Crippen LogP contribution >= 0.6 is 11.6 Å². The minimum Gasteiger partial charge on any atom is -0.491 e. The number of halogens is 1. The highest BCUT2D eigenvalue weighted by Gasteiger charge is 2.07. The van der Waals surface area contributed by atoms with Crippen LogP contribution in [0.3, 0.4) is 0 Å². The summed E-state index contributed by atoms with van der Waals surface area (Å²) >= 11 is 5.52. The van der Waals surface area contributed by atoms with Crippen LogP contribution in [0.2, 0.25) is 0 Å². The highest BCUT2D eigenvalue weighted by molar-refractivity contribution is 6.19. The maximum Gasteiger partial charge on any atom is 0.225 e. The molecule has 0 saturated carbocycles. The van der Waals surface area contributed by atoms with E-state index in [9.17, 15) is 4.79 Å². The molecular weight excluding hydrogens is 238 g/mol. The second-order valence-corrected chi connectivity index (χ2v) is 4.21. The van der Waals surface area contributed by atoms with Gasteiger partial charge in [-0.1, -0.05) is 13.0 Å². The molecule has 1 amide bonds. The van der Waals surface area contributed by atoms with Crippen LogP contribution in [0.4, 0.5) is 5.69 Å². The first-order valence-corrected chi connectivity index (χ1v) is 6.30. The topological polar surface area (TPSA) is 38.3 Å². The summed E-state index contributed by atoms with van der Waals surface area (Å²) in [6.07, 6.45) is 1.24. The molecule has 0 fully saturated rings. The van der Waals surface area contributed by atoms with Crippen molar-refractivity contribution in [3.05, 3.63) is 23.8 Å². The number of nitrogens with one attached hydrogen (secondary N) is 1. The molecule has 0 aromatic heterocycles. The summed E-state index contributed by atoms with van der Waals surface area (Å²) in [4.78, 5) is 11.5. The third-order valence-electron chi connectivity index (χ3n) is 2.19. The van der Waals surface area contributed by atoms with Crippen LogP contribution < -0.4 is 10.1 Å². The zero-order valence-corrected chi connectivity index (χ0v) is 11.0. The SMILES string of the molecule is CCCOc1cc(C)ccc1NC(=O)CCCl. The van der Waals surface area contributed by atoms with Crippen molar-refractivity contribution in [2.24, 2.45) is 0 Å². The van der Waals surface area contributed by atoms with E-state index in [1.165, 1.54) is 0 Å². The highest BCUT2D eigenvalue weighted by Crippen LogP contribution is 2.26. The van der Waals surface area contributed by atoms with E-state index in [1.807, 2.05) is 32.0 Å². The van der Waals surface area contributed by atoms with Crippen molar-refractivity contribution < 1.29 is 9.53 Å². The average Bonchev–Trinajstić information content (AvgIpc) is 2.30. The molecule has 1 N–H and O–H groups in total. The Morgan fingerprint density at radius 2 is 2.24 bits per heavy atom. The summed E-state index contributed by atoms with van der Waals surface area (Å²) < 4.78 is 5.60. The molecule has 0 aliphatic carbocycles. The molecule has 4 heteroatoms. The van der Waals surface area contributed by atoms with Crippen LogP contribution in [0.5, 0.6) is 5.75 Å². The number of carbonyl (C=O) groups is 1. The van der Waals surface area contributed by atoms with Gasteiger partial charge >= 0.3 is 0 Å². The molecule has 0 heterocycles. The third kappa shape index (κ3) is 4.65. The quantitative estimate of drug-likeness (QED) is 0.792. The first kappa shape index (κ1) is 13.8. The molecule has 1 aromatic carbocycles. The monoisotopic (exact) mass is 255 g/mol. The van der Waals surface area contributed by atoms with Gasteiger partial charge in [0.05, 0.1) is 12.3 Å². The third-order valence-corrected chi connectivity index (χ3v) is 2.38. The van der Waals surface area contributed by atoms with Crippen molar-refractivity contribution in [2.75, 3.05) is 17.8 Å². The fourth-order valence-corrected chi connectivity index (χ4v) is 1.53. The number of rotatable bonds is 6. The minimum absolute atomic E-state index is 0.0924. The zero-order valence-electron chi connectivity index (χ0n) is 10.3. The van der Waals surface area contributed by atoms with Crippen molar-refractivity contribution >= 4 is 23.2 Å². The summed E-state index contributed by atoms with van der Waals surface area (Å²) in [7, 11) is 0. The number of anilines is 1. The number of carbonyl (C=O) groups excluding carboxylic acids is 1. The number of ether oxygens (including phenoxy) is 1. The molecule has 0 atom stereocenters. The van der Waals surface area contributed by atoms with E-state index in [0.717, 1.165) is 17.7 Å². The lowest BCUT2D eigenvalue weighted by molar-refractivity contribution is -0.115. The first-order chi connectivity index (χ1) is 8.17. The Kier molecular flexibility index (Phi) is 5.84. The smallest absolute Gasteiger partial charge is 0.225 e. The molecule has 0 aliphatic rings. The van der Waals surface area contributed by atoms with Gasteiger partial charge in [0, 0.05) is 12.3 Å². The van der Waals surface area contributed by atoms with Crippen molar-refractivity contribution in [1.29, 1.82) is 0 Å². The van der Waals surface area contributed by atoms with Crippen LogP contribution in [0.25, 0.3) is 0 Å². The van der Waals surface area contributed by atoms with E-state index < -0.39 is 0 Å². The second-order valence-electron chi connectivity index (χ2n) is 3.84. The lowest BCUT2D eigenvalue weighted by Crippen LogP contribution is -2.13. The second kappa shape index (κ2) is 7.17. The fraction of sp³-hybridized carbons (Fsp3) is 0.462. The van der Waals surface area contributed by atoms with Crippen LogP contribution in [-0.4, -0.2) is 18.4 Å². The summed E-state index contributed by atoms with van der Waals surface area (Å²) in [5.74, 6) is 0.947. The van der Waals surface area contributed by atoms with E-state index in [0.29, 0.717) is 24.6 Å². The summed E-state index contributed by atoms with van der Waals surface area (Å²) in [6, 6.07) is 5.72. The zero-order chi connectivity index (χ0) is 12.7. The van der Waals surface area contributed by atoms with Crippen molar-refractivity contribution in [1.82, 2.24) is 0 Å². The first-order valence-electron chi connectivity index (χ1n) is 5.76. The molecule has 1 rings (SSSR count). The van der Waals surface area contributed by atoms with E-state index in [1.54, 1.807) is 0 Å². The molecule has 17 heavy (non-hydrogen) atoms. The maximum absolute atomic E-state index is 11.5. The lowest BCUT2D eigenvalue weighted by Gasteiger charge is -2.12. The Labute approximate surface area is 107 Å². The molecule has 3 nitrogen and oxygen atoms in total. The number of hydrogen-bond acceptors (Lipinski definition) is 2. The van der Waals surface area contributed by atoms with E-state index in [4.69, 9.17) is 16.3 Å². The van der Waals surface area contributed by atoms with Gasteiger partial charge in [-0.05, 0) is 31.0 Å². The van der Waals surface area contributed by atoms with Gasteiger partial charge in [-0.3, -0.25) is 4.79 Å². The number of alkyl halides is 1. The summed E-state index contributed by atoms with van der Waals surface area (Å²) in [5.41, 5.74) is 1.81. The summed E-state index contributed by atoms with van der Waals surface area (Å²) in [6.45, 7) is 4.67. The average molecular weight is 256 g/mol. The van der Waals surface area contributed by atoms with Gasteiger partial charge in [-0.15, -0.1) is 11.6 Å². The Morgan fingerprint density at radius 3 is 2.88 bits per heavy atom. The van der Waals surface area contributed by atoms with Crippen LogP contribution in [0.15, 0.2) is 18.2 Å². The number of benzene rings is 1. The highest BCUT2D eigenvalue weighted by atomic mass is 35.5. The van der Waals surface area contributed by atoms with Crippen LogP contribution in [-0.2, 0) is 4.79 Å². The number of aryl methyl sites for hydroxylation is 1. The van der Waals surface area contributed by atoms with Gasteiger partial charge in [-0.2, -0.15) is 0 Å². The van der Waals surface area contributed by atoms with Crippen molar-refractivity contribution in [2.45, 2.75) is 26.7 Å². The van der Waals surface area contributed by atoms with Crippen LogP contribution in [0.1, 0.15) is 25.3 Å². The molecule has 0 unspecified atom stereocenters. The molecule has 0 radical (unpaired) electrons. The van der Waals surface area contributed by atoms with E-state index >= 15 is 0 Å². The number of hydrogen-bond donors (Lipinski definition) is 1. The van der Waals surface area contributed by atoms with Crippen molar-refractivity contribution in [3.63, 3.8) is 0 Å². The van der Waals surface area contributed by atoms with Gasteiger partial charge < -0.3 is 10.1 Å². The van der Waals surface area contributed by atoms with Gasteiger partial charge in [0.15, 0.2) is 0 Å². The van der Waals surface area contributed by atoms with Crippen molar-refractivity contribution in [3.8, 4) is 5.75 Å². The molecular formula is C13H18ClNO2. The molecule has 0 spiro atoms. The lowest BCUT2D eigenvalue weighted by atomic mass is 10.2. The predicted molar refractivity (Wildman–Crippen MR) is 70.9 cm³/mol. The Hall–Kier alpha value is -1.22. The van der Waals surface area contributed by atoms with Gasteiger partial charge in [0.2, 0.25) is 5.91 Å². The van der Waals surface area contributed by atoms with Gasteiger partial charge in [0.1, 0.15) is 5.75 Å².